The van der Waals surface area contributed by atoms with E-state index in [1.807, 2.05) is 0 Å². The molecule has 0 heterocycles. The topological polar surface area (TPSA) is 26.0 Å². The molecular weight excluding hydrogens is 110 g/mol. The summed E-state index contributed by atoms with van der Waals surface area (Å²) in [5, 5.41) is 0. The zero-order valence-electron chi connectivity index (χ0n) is 6.65. The molecule has 0 bridgehead atoms. The minimum atomic E-state index is 0.502. The molecule has 9 heavy (non-hydrogen) atoms. The molecule has 54 valence electrons. The first-order chi connectivity index (χ1) is 4.13. The molecular formula is C8H17N. The third-order valence-corrected chi connectivity index (χ3v) is 2.99. The molecule has 0 aromatic carbocycles. The van der Waals surface area contributed by atoms with Gasteiger partial charge in [-0.1, -0.05) is 20.8 Å². The van der Waals surface area contributed by atoms with Crippen molar-refractivity contribution in [2.45, 2.75) is 39.7 Å². The first-order valence-corrected chi connectivity index (χ1v) is 3.89. The summed E-state index contributed by atoms with van der Waals surface area (Å²) in [5.74, 6) is 0.775. The molecule has 0 unspecified atom stereocenters. The fourth-order valence-electron chi connectivity index (χ4n) is 1.83. The van der Waals surface area contributed by atoms with Crippen LogP contribution in [0.5, 0.6) is 0 Å². The Morgan fingerprint density at radius 2 is 2.11 bits per heavy atom. The summed E-state index contributed by atoms with van der Waals surface area (Å²) < 4.78 is 0. The van der Waals surface area contributed by atoms with Crippen molar-refractivity contribution < 1.29 is 0 Å². The van der Waals surface area contributed by atoms with Gasteiger partial charge in [-0.2, -0.15) is 0 Å². The van der Waals surface area contributed by atoms with E-state index in [4.69, 9.17) is 5.73 Å². The highest BCUT2D eigenvalue weighted by atomic mass is 14.8. The van der Waals surface area contributed by atoms with Crippen molar-refractivity contribution in [2.75, 3.05) is 0 Å². The van der Waals surface area contributed by atoms with Gasteiger partial charge in [0.15, 0.2) is 0 Å². The summed E-state index contributed by atoms with van der Waals surface area (Å²) in [6.45, 7) is 6.79. The lowest BCUT2D eigenvalue weighted by Gasteiger charge is -2.17. The Morgan fingerprint density at radius 3 is 2.11 bits per heavy atom. The molecule has 1 aliphatic rings. The second-order valence-corrected chi connectivity index (χ2v) is 3.55. The Hall–Kier alpha value is -0.0400. The number of hydrogen-bond donors (Lipinski definition) is 1. The van der Waals surface area contributed by atoms with Crippen LogP contribution in [0.4, 0.5) is 0 Å². The maximum atomic E-state index is 5.81. The first kappa shape index (κ1) is 7.07. The fraction of sp³-hybridized carbons (Fsp3) is 1.00. The van der Waals surface area contributed by atoms with Crippen LogP contribution in [0.2, 0.25) is 0 Å². The Balaban J connectivity index is 2.52. The van der Waals surface area contributed by atoms with Crippen molar-refractivity contribution in [3.63, 3.8) is 0 Å². The van der Waals surface area contributed by atoms with Gasteiger partial charge in [0.25, 0.3) is 0 Å². The summed E-state index contributed by atoms with van der Waals surface area (Å²) in [6, 6.07) is 0.502. The lowest BCUT2D eigenvalue weighted by atomic mass is 9.89. The third-order valence-electron chi connectivity index (χ3n) is 2.99. The standard InChI is InChI=1S/C8H17N/c1-4-8(6(2)3)5-7(8)9/h6-7H,4-5,9H2,1-3H3/t7-,8+/m1/s1. The van der Waals surface area contributed by atoms with E-state index in [0.717, 1.165) is 5.92 Å². The predicted octanol–water partition coefficient (Wildman–Crippen LogP) is 1.77. The maximum absolute atomic E-state index is 5.81. The van der Waals surface area contributed by atoms with E-state index in [1.165, 1.54) is 12.8 Å². The van der Waals surface area contributed by atoms with Crippen LogP contribution in [0.25, 0.3) is 0 Å². The van der Waals surface area contributed by atoms with Crippen LogP contribution in [0.1, 0.15) is 33.6 Å². The quantitative estimate of drug-likeness (QED) is 0.601. The van der Waals surface area contributed by atoms with Crippen LogP contribution in [-0.2, 0) is 0 Å². The molecule has 0 amide bonds. The maximum Gasteiger partial charge on any atom is 0.0104 e. The van der Waals surface area contributed by atoms with Gasteiger partial charge in [0, 0.05) is 6.04 Å². The smallest absolute Gasteiger partial charge is 0.0104 e. The molecule has 0 aromatic heterocycles. The highest BCUT2D eigenvalue weighted by molar-refractivity contribution is 5.06. The lowest BCUT2D eigenvalue weighted by Crippen LogP contribution is -2.18. The molecule has 1 fully saturated rings. The van der Waals surface area contributed by atoms with Crippen molar-refractivity contribution in [3.05, 3.63) is 0 Å². The van der Waals surface area contributed by atoms with E-state index < -0.39 is 0 Å². The van der Waals surface area contributed by atoms with E-state index >= 15 is 0 Å². The largest absolute Gasteiger partial charge is 0.327 e. The van der Waals surface area contributed by atoms with E-state index in [1.54, 1.807) is 0 Å². The first-order valence-electron chi connectivity index (χ1n) is 3.89. The van der Waals surface area contributed by atoms with Gasteiger partial charge in [-0.25, -0.2) is 0 Å². The van der Waals surface area contributed by atoms with Gasteiger partial charge < -0.3 is 5.73 Å². The van der Waals surface area contributed by atoms with Crippen LogP contribution in [0.3, 0.4) is 0 Å². The van der Waals surface area contributed by atoms with Crippen molar-refractivity contribution in [2.24, 2.45) is 17.1 Å². The highest BCUT2D eigenvalue weighted by Crippen LogP contribution is 2.53. The molecule has 0 spiro atoms. The second kappa shape index (κ2) is 1.98. The molecule has 1 nitrogen and oxygen atoms in total. The molecule has 1 aliphatic carbocycles. The van der Waals surface area contributed by atoms with Crippen LogP contribution in [0, 0.1) is 11.3 Å². The van der Waals surface area contributed by atoms with Gasteiger partial charge in [-0.05, 0) is 24.2 Å². The average Bonchev–Trinajstić information content (AvgIpc) is 2.43. The lowest BCUT2D eigenvalue weighted by molar-refractivity contribution is 0.334. The molecule has 0 radical (unpaired) electrons. The van der Waals surface area contributed by atoms with Crippen molar-refractivity contribution in [1.82, 2.24) is 0 Å². The molecule has 1 saturated carbocycles. The molecule has 0 aromatic rings. The van der Waals surface area contributed by atoms with Crippen LogP contribution < -0.4 is 5.73 Å². The van der Waals surface area contributed by atoms with Crippen molar-refractivity contribution in [3.8, 4) is 0 Å². The van der Waals surface area contributed by atoms with E-state index in [9.17, 15) is 0 Å². The van der Waals surface area contributed by atoms with E-state index in [-0.39, 0.29) is 0 Å². The van der Waals surface area contributed by atoms with Crippen LogP contribution in [-0.4, -0.2) is 6.04 Å². The van der Waals surface area contributed by atoms with Gasteiger partial charge in [0.05, 0.1) is 0 Å². The van der Waals surface area contributed by atoms with Gasteiger partial charge in [0.1, 0.15) is 0 Å². The highest BCUT2D eigenvalue weighted by Gasteiger charge is 2.52. The number of nitrogens with two attached hydrogens (primary N) is 1. The Labute approximate surface area is 57.6 Å². The minimum absolute atomic E-state index is 0.502. The predicted molar refractivity (Wildman–Crippen MR) is 40.2 cm³/mol. The summed E-state index contributed by atoms with van der Waals surface area (Å²) >= 11 is 0. The van der Waals surface area contributed by atoms with Gasteiger partial charge in [-0.15, -0.1) is 0 Å². The fourth-order valence-corrected chi connectivity index (χ4v) is 1.83. The van der Waals surface area contributed by atoms with Crippen molar-refractivity contribution >= 4 is 0 Å². The minimum Gasteiger partial charge on any atom is -0.327 e. The van der Waals surface area contributed by atoms with E-state index in [2.05, 4.69) is 20.8 Å². The SMILES string of the molecule is CC[C@@]1(C(C)C)C[C@H]1N. The van der Waals surface area contributed by atoms with Crippen molar-refractivity contribution in [1.29, 1.82) is 0 Å². The molecule has 2 atom stereocenters. The molecule has 0 saturated heterocycles. The molecule has 2 N–H and O–H groups in total. The molecule has 1 rings (SSSR count). The zero-order valence-corrected chi connectivity index (χ0v) is 6.65. The third kappa shape index (κ3) is 0.877. The van der Waals surface area contributed by atoms with Crippen LogP contribution >= 0.6 is 0 Å². The Kier molecular flexibility index (Phi) is 1.55. The van der Waals surface area contributed by atoms with Gasteiger partial charge in [0.2, 0.25) is 0 Å². The monoisotopic (exact) mass is 127 g/mol. The number of hydrogen-bond acceptors (Lipinski definition) is 1. The van der Waals surface area contributed by atoms with Crippen LogP contribution in [0.15, 0.2) is 0 Å². The summed E-state index contributed by atoms with van der Waals surface area (Å²) in [6.07, 6.45) is 2.51. The Bertz CT molecular complexity index is 105. The summed E-state index contributed by atoms with van der Waals surface area (Å²) in [5.41, 5.74) is 6.34. The number of rotatable bonds is 2. The van der Waals surface area contributed by atoms with Gasteiger partial charge in [-0.3, -0.25) is 0 Å². The zero-order chi connectivity index (χ0) is 7.07. The summed E-state index contributed by atoms with van der Waals surface area (Å²) in [7, 11) is 0. The second-order valence-electron chi connectivity index (χ2n) is 3.55. The normalized spacial score (nSPS) is 41.7. The summed E-state index contributed by atoms with van der Waals surface area (Å²) in [4.78, 5) is 0. The molecule has 1 heteroatoms. The average molecular weight is 127 g/mol. The van der Waals surface area contributed by atoms with E-state index in [0.29, 0.717) is 11.5 Å². The van der Waals surface area contributed by atoms with Gasteiger partial charge >= 0.3 is 0 Å². The molecule has 0 aliphatic heterocycles. The Morgan fingerprint density at radius 1 is 1.67 bits per heavy atom.